The van der Waals surface area contributed by atoms with Gasteiger partial charge in [-0.05, 0) is 80.5 Å². The van der Waals surface area contributed by atoms with Crippen LogP contribution < -0.4 is 9.47 Å². The standard InChI is InChI=1S/C28H42O4/c1-3-5-6-8-19-28(20-9-7-10-21-28)23-13-11-22(12-14-23)27(30)32-25-17-15-24(16-18-25)31-26(29)4-2/h15-18,22-23H,3-14,19-21H2,1-2H3. The van der Waals surface area contributed by atoms with E-state index in [1.807, 2.05) is 0 Å². The van der Waals surface area contributed by atoms with Crippen LogP contribution >= 0.6 is 0 Å². The highest BCUT2D eigenvalue weighted by atomic mass is 16.5. The number of carbonyl (C=O) groups is 2. The largest absolute Gasteiger partial charge is 0.427 e. The maximum atomic E-state index is 12.8. The Labute approximate surface area is 194 Å². The summed E-state index contributed by atoms with van der Waals surface area (Å²) >= 11 is 0. The highest BCUT2D eigenvalue weighted by molar-refractivity contribution is 5.75. The average molecular weight is 443 g/mol. The summed E-state index contributed by atoms with van der Waals surface area (Å²) in [6, 6.07) is 6.77. The number of hydrogen-bond donors (Lipinski definition) is 0. The van der Waals surface area contributed by atoms with Gasteiger partial charge in [0.2, 0.25) is 0 Å². The zero-order valence-corrected chi connectivity index (χ0v) is 20.2. The summed E-state index contributed by atoms with van der Waals surface area (Å²) in [7, 11) is 0. The maximum absolute atomic E-state index is 12.8. The summed E-state index contributed by atoms with van der Waals surface area (Å²) < 4.78 is 10.8. The molecule has 2 aliphatic rings. The summed E-state index contributed by atoms with van der Waals surface area (Å²) in [6.07, 6.45) is 18.3. The molecule has 0 spiro atoms. The molecule has 0 unspecified atom stereocenters. The van der Waals surface area contributed by atoms with E-state index in [4.69, 9.17) is 9.47 Å². The van der Waals surface area contributed by atoms with Crippen LogP contribution in [0.3, 0.4) is 0 Å². The van der Waals surface area contributed by atoms with E-state index in [1.165, 1.54) is 77.0 Å². The number of unbranched alkanes of at least 4 members (excludes halogenated alkanes) is 3. The summed E-state index contributed by atoms with van der Waals surface area (Å²) in [6.45, 7) is 4.04. The van der Waals surface area contributed by atoms with E-state index < -0.39 is 0 Å². The van der Waals surface area contributed by atoms with Crippen LogP contribution in [0.1, 0.15) is 110 Å². The molecule has 2 fully saturated rings. The number of carbonyl (C=O) groups excluding carboxylic acids is 2. The van der Waals surface area contributed by atoms with Gasteiger partial charge in [-0.15, -0.1) is 0 Å². The van der Waals surface area contributed by atoms with Crippen molar-refractivity contribution in [1.29, 1.82) is 0 Å². The van der Waals surface area contributed by atoms with E-state index in [9.17, 15) is 9.59 Å². The molecule has 0 N–H and O–H groups in total. The van der Waals surface area contributed by atoms with Crippen LogP contribution in [-0.2, 0) is 9.59 Å². The number of ether oxygens (including phenoxy) is 2. The molecule has 0 atom stereocenters. The fraction of sp³-hybridized carbons (Fsp3) is 0.714. The van der Waals surface area contributed by atoms with Gasteiger partial charge in [0.05, 0.1) is 5.92 Å². The minimum Gasteiger partial charge on any atom is -0.427 e. The second kappa shape index (κ2) is 12.4. The molecule has 0 heterocycles. The predicted octanol–water partition coefficient (Wildman–Crippen LogP) is 7.63. The van der Waals surface area contributed by atoms with E-state index in [1.54, 1.807) is 31.2 Å². The molecule has 32 heavy (non-hydrogen) atoms. The number of benzene rings is 1. The Kier molecular flexibility index (Phi) is 9.62. The highest BCUT2D eigenvalue weighted by Gasteiger charge is 2.41. The van der Waals surface area contributed by atoms with Gasteiger partial charge in [0.1, 0.15) is 11.5 Å². The van der Waals surface area contributed by atoms with Crippen molar-refractivity contribution in [2.24, 2.45) is 17.3 Å². The SMILES string of the molecule is CCCCCCC1(C2CCC(C(=O)Oc3ccc(OC(=O)CC)cc3)CC2)CCCCC1. The van der Waals surface area contributed by atoms with Gasteiger partial charge >= 0.3 is 11.9 Å². The molecule has 1 aromatic rings. The lowest BCUT2D eigenvalue weighted by Gasteiger charge is -2.46. The third-order valence-corrected chi connectivity index (χ3v) is 7.87. The fourth-order valence-electron chi connectivity index (χ4n) is 5.94. The first kappa shape index (κ1) is 24.8. The molecule has 178 valence electrons. The second-order valence-corrected chi connectivity index (χ2v) is 10.0. The maximum Gasteiger partial charge on any atom is 0.314 e. The van der Waals surface area contributed by atoms with Gasteiger partial charge in [0.25, 0.3) is 0 Å². The Balaban J connectivity index is 1.50. The van der Waals surface area contributed by atoms with Gasteiger partial charge in [0.15, 0.2) is 0 Å². The Morgan fingerprint density at radius 1 is 0.844 bits per heavy atom. The first-order valence-corrected chi connectivity index (χ1v) is 13.1. The van der Waals surface area contributed by atoms with Crippen molar-refractivity contribution in [3.8, 4) is 11.5 Å². The van der Waals surface area contributed by atoms with Crippen LogP contribution in [0.2, 0.25) is 0 Å². The van der Waals surface area contributed by atoms with Gasteiger partial charge in [0, 0.05) is 6.42 Å². The smallest absolute Gasteiger partial charge is 0.314 e. The summed E-state index contributed by atoms with van der Waals surface area (Å²) in [4.78, 5) is 24.2. The van der Waals surface area contributed by atoms with Crippen LogP contribution in [-0.4, -0.2) is 11.9 Å². The molecule has 2 saturated carbocycles. The molecular weight excluding hydrogens is 400 g/mol. The molecule has 1 aromatic carbocycles. The van der Waals surface area contributed by atoms with E-state index in [0.29, 0.717) is 23.3 Å². The minimum absolute atomic E-state index is 0.00424. The number of hydrogen-bond acceptors (Lipinski definition) is 4. The Morgan fingerprint density at radius 2 is 1.47 bits per heavy atom. The van der Waals surface area contributed by atoms with Crippen LogP contribution in [0.25, 0.3) is 0 Å². The van der Waals surface area contributed by atoms with Crippen LogP contribution in [0.4, 0.5) is 0 Å². The molecule has 2 aliphatic carbocycles. The topological polar surface area (TPSA) is 52.6 Å². The normalized spacial score (nSPS) is 22.8. The molecule has 0 amide bonds. The molecule has 4 nitrogen and oxygen atoms in total. The van der Waals surface area contributed by atoms with Crippen LogP contribution in [0.15, 0.2) is 24.3 Å². The van der Waals surface area contributed by atoms with Gasteiger partial charge in [-0.3, -0.25) is 9.59 Å². The number of rotatable bonds is 10. The molecular formula is C28H42O4. The van der Waals surface area contributed by atoms with Crippen molar-refractivity contribution >= 4 is 11.9 Å². The minimum atomic E-state index is -0.271. The Morgan fingerprint density at radius 3 is 2.06 bits per heavy atom. The summed E-state index contributed by atoms with van der Waals surface area (Å²) in [5.74, 6) is 1.41. The molecule has 4 heteroatoms. The lowest BCUT2D eigenvalue weighted by atomic mass is 9.59. The van der Waals surface area contributed by atoms with Gasteiger partial charge in [-0.1, -0.05) is 58.8 Å². The zero-order valence-electron chi connectivity index (χ0n) is 20.2. The average Bonchev–Trinajstić information content (AvgIpc) is 2.83. The van der Waals surface area contributed by atoms with E-state index >= 15 is 0 Å². The van der Waals surface area contributed by atoms with Crippen molar-refractivity contribution in [3.63, 3.8) is 0 Å². The molecule has 0 aromatic heterocycles. The number of esters is 2. The van der Waals surface area contributed by atoms with Crippen LogP contribution in [0, 0.1) is 17.3 Å². The molecule has 0 bridgehead atoms. The van der Waals surface area contributed by atoms with Gasteiger partial charge in [-0.2, -0.15) is 0 Å². The van der Waals surface area contributed by atoms with E-state index in [2.05, 4.69) is 6.92 Å². The monoisotopic (exact) mass is 442 g/mol. The van der Waals surface area contributed by atoms with Crippen molar-refractivity contribution in [3.05, 3.63) is 24.3 Å². The lowest BCUT2D eigenvalue weighted by Crippen LogP contribution is -2.37. The molecule has 3 rings (SSSR count). The first-order valence-electron chi connectivity index (χ1n) is 13.1. The van der Waals surface area contributed by atoms with E-state index in [0.717, 1.165) is 18.8 Å². The lowest BCUT2D eigenvalue weighted by molar-refractivity contribution is -0.141. The van der Waals surface area contributed by atoms with Crippen LogP contribution in [0.5, 0.6) is 11.5 Å². The molecule has 0 saturated heterocycles. The molecule has 0 radical (unpaired) electrons. The quantitative estimate of drug-likeness (QED) is 0.212. The van der Waals surface area contributed by atoms with Gasteiger partial charge < -0.3 is 9.47 Å². The zero-order chi connectivity index (χ0) is 22.8. The molecule has 0 aliphatic heterocycles. The third kappa shape index (κ3) is 6.83. The Bertz CT molecular complexity index is 709. The summed E-state index contributed by atoms with van der Waals surface area (Å²) in [5.41, 5.74) is 0.534. The Hall–Kier alpha value is -1.84. The summed E-state index contributed by atoms with van der Waals surface area (Å²) in [5, 5.41) is 0. The third-order valence-electron chi connectivity index (χ3n) is 7.87. The van der Waals surface area contributed by atoms with Crippen molar-refractivity contribution in [1.82, 2.24) is 0 Å². The first-order chi connectivity index (χ1) is 15.6. The second-order valence-electron chi connectivity index (χ2n) is 10.0. The van der Waals surface area contributed by atoms with E-state index in [-0.39, 0.29) is 17.9 Å². The van der Waals surface area contributed by atoms with Crippen molar-refractivity contribution in [2.45, 2.75) is 110 Å². The van der Waals surface area contributed by atoms with Crippen molar-refractivity contribution in [2.75, 3.05) is 0 Å². The highest BCUT2D eigenvalue weighted by Crippen LogP contribution is 2.52. The van der Waals surface area contributed by atoms with Crippen molar-refractivity contribution < 1.29 is 19.1 Å². The fourth-order valence-corrected chi connectivity index (χ4v) is 5.94. The predicted molar refractivity (Wildman–Crippen MR) is 128 cm³/mol. The van der Waals surface area contributed by atoms with Gasteiger partial charge in [-0.25, -0.2) is 0 Å².